The second-order valence-electron chi connectivity index (χ2n) is 1.91. The van der Waals surface area contributed by atoms with Gasteiger partial charge in [-0.3, -0.25) is 0 Å². The molecule has 7 heavy (non-hydrogen) atoms. The Bertz CT molecular complexity index is 54.4. The Morgan fingerprint density at radius 1 is 1.57 bits per heavy atom. The van der Waals surface area contributed by atoms with E-state index in [2.05, 4.69) is 0 Å². The van der Waals surface area contributed by atoms with Gasteiger partial charge in [-0.25, -0.2) is 0 Å². The van der Waals surface area contributed by atoms with E-state index < -0.39 is 0 Å². The Labute approximate surface area is 45.1 Å². The molecule has 1 unspecified atom stereocenters. The van der Waals surface area contributed by atoms with Crippen LogP contribution in [0.5, 0.6) is 0 Å². The molecule has 1 saturated heterocycles. The predicted molar refractivity (Wildman–Crippen MR) is 28.9 cm³/mol. The fourth-order valence-corrected chi connectivity index (χ4v) is 0.766. The smallest absolute Gasteiger partial charge is 0.364 e. The lowest BCUT2D eigenvalue weighted by molar-refractivity contribution is 0.0206. The zero-order valence-corrected chi connectivity index (χ0v) is 4.39. The van der Waals surface area contributed by atoms with E-state index in [4.69, 9.17) is 10.5 Å². The van der Waals surface area contributed by atoms with Gasteiger partial charge in [-0.15, -0.1) is 0 Å². The molecule has 0 aromatic rings. The molecule has 1 aliphatic rings. The maximum Gasteiger partial charge on any atom is 1.00 e. The molecule has 2 nitrogen and oxygen atoms in total. The summed E-state index contributed by atoms with van der Waals surface area (Å²) < 4.78 is 5.06. The maximum absolute atomic E-state index is 5.41. The zero-order valence-electron chi connectivity index (χ0n) is 5.39. The summed E-state index contributed by atoms with van der Waals surface area (Å²) in [6.07, 6.45) is 3.50. The molecule has 1 aliphatic heterocycles. The molecular weight excluding hydrogens is 90.1 g/mol. The highest BCUT2D eigenvalue weighted by Gasteiger charge is 2.06. The van der Waals surface area contributed by atoms with Crippen LogP contribution in [-0.2, 0) is 4.74 Å². The van der Waals surface area contributed by atoms with Gasteiger partial charge in [0.2, 0.25) is 0 Å². The third-order valence-electron chi connectivity index (χ3n) is 1.21. The van der Waals surface area contributed by atoms with Crippen LogP contribution in [0.15, 0.2) is 0 Å². The Kier molecular flexibility index (Phi) is 1.65. The molecule has 1 heterocycles. The van der Waals surface area contributed by atoms with E-state index in [1.54, 1.807) is 0 Å². The highest BCUT2D eigenvalue weighted by Crippen LogP contribution is 2.06. The Morgan fingerprint density at radius 2 is 2.43 bits per heavy atom. The van der Waals surface area contributed by atoms with Crippen LogP contribution in [0.2, 0.25) is 0 Å². The van der Waals surface area contributed by atoms with Crippen molar-refractivity contribution in [3.63, 3.8) is 0 Å². The number of hydrogen-bond donors (Lipinski definition) is 1. The van der Waals surface area contributed by atoms with Gasteiger partial charge in [0.15, 0.2) is 0 Å². The Hall–Kier alpha value is -0.0800. The average molecular weight is 102 g/mol. The maximum atomic E-state index is 5.41. The van der Waals surface area contributed by atoms with Crippen molar-refractivity contribution in [3.8, 4) is 0 Å². The van der Waals surface area contributed by atoms with Gasteiger partial charge in [0.1, 0.15) is 6.23 Å². The van der Waals surface area contributed by atoms with Crippen LogP contribution in [-0.4, -0.2) is 12.8 Å². The topological polar surface area (TPSA) is 35.2 Å². The van der Waals surface area contributed by atoms with Gasteiger partial charge in [0.05, 0.1) is 0 Å². The van der Waals surface area contributed by atoms with Gasteiger partial charge in [-0.05, 0) is 19.3 Å². The van der Waals surface area contributed by atoms with Crippen molar-refractivity contribution in [2.75, 3.05) is 6.61 Å². The lowest BCUT2D eigenvalue weighted by atomic mass is 10.2. The summed E-state index contributed by atoms with van der Waals surface area (Å²) in [4.78, 5) is 0. The summed E-state index contributed by atoms with van der Waals surface area (Å²) in [5.41, 5.74) is 5.41. The summed E-state index contributed by atoms with van der Waals surface area (Å²) in [6.45, 7) is 0.862. The number of hydrogen-bond acceptors (Lipinski definition) is 2. The van der Waals surface area contributed by atoms with Crippen LogP contribution < -0.4 is 5.73 Å². The van der Waals surface area contributed by atoms with Crippen LogP contribution >= 0.6 is 0 Å². The van der Waals surface area contributed by atoms with Crippen LogP contribution in [0, 0.1) is 0 Å². The SMILES string of the molecule is NC1CCCCO1.[H+]. The minimum atomic E-state index is 0. The number of nitrogens with two attached hydrogens (primary N) is 1. The quantitative estimate of drug-likeness (QED) is 0.485. The molecule has 0 amide bonds. The summed E-state index contributed by atoms with van der Waals surface area (Å²) in [6, 6.07) is 0. The molecule has 1 rings (SSSR count). The molecule has 0 saturated carbocycles. The van der Waals surface area contributed by atoms with Crippen LogP contribution in [0.4, 0.5) is 0 Å². The first kappa shape index (κ1) is 5.06. The molecule has 1 atom stereocenters. The molecule has 0 bridgehead atoms. The van der Waals surface area contributed by atoms with E-state index >= 15 is 0 Å². The van der Waals surface area contributed by atoms with Crippen LogP contribution in [0.1, 0.15) is 20.7 Å². The molecular formula is C5H12NO+. The van der Waals surface area contributed by atoms with Crippen molar-refractivity contribution in [2.24, 2.45) is 5.73 Å². The Morgan fingerprint density at radius 3 is 2.71 bits per heavy atom. The van der Waals surface area contributed by atoms with Gasteiger partial charge in [0, 0.05) is 6.61 Å². The summed E-state index contributed by atoms with van der Waals surface area (Å²) in [7, 11) is 0. The third kappa shape index (κ3) is 1.45. The molecule has 2 N–H and O–H groups in total. The third-order valence-corrected chi connectivity index (χ3v) is 1.21. The first-order chi connectivity index (χ1) is 3.39. The minimum absolute atomic E-state index is 0. The first-order valence-corrected chi connectivity index (χ1v) is 2.77. The fourth-order valence-electron chi connectivity index (χ4n) is 0.766. The van der Waals surface area contributed by atoms with Gasteiger partial charge < -0.3 is 10.5 Å². The van der Waals surface area contributed by atoms with E-state index in [0.29, 0.717) is 0 Å². The standard InChI is InChI=1S/C5H11NO/c6-5-3-1-2-4-7-5/h5H,1-4,6H2/p+1. The lowest BCUT2D eigenvalue weighted by Gasteiger charge is -2.17. The highest BCUT2D eigenvalue weighted by molar-refractivity contribution is 4.54. The van der Waals surface area contributed by atoms with Crippen molar-refractivity contribution < 1.29 is 6.16 Å². The van der Waals surface area contributed by atoms with Crippen molar-refractivity contribution in [3.05, 3.63) is 0 Å². The second kappa shape index (κ2) is 2.28. The van der Waals surface area contributed by atoms with Crippen molar-refractivity contribution in [2.45, 2.75) is 25.5 Å². The molecule has 0 aromatic heterocycles. The van der Waals surface area contributed by atoms with Crippen molar-refractivity contribution in [1.29, 1.82) is 0 Å². The van der Waals surface area contributed by atoms with Gasteiger partial charge >= 0.3 is 1.43 Å². The summed E-state index contributed by atoms with van der Waals surface area (Å²) >= 11 is 0. The molecule has 0 aliphatic carbocycles. The van der Waals surface area contributed by atoms with Gasteiger partial charge in [-0.1, -0.05) is 0 Å². The van der Waals surface area contributed by atoms with E-state index in [1.807, 2.05) is 0 Å². The lowest BCUT2D eigenvalue weighted by Crippen LogP contribution is -2.27. The first-order valence-electron chi connectivity index (χ1n) is 2.77. The molecule has 2 heteroatoms. The van der Waals surface area contributed by atoms with Crippen molar-refractivity contribution >= 4 is 0 Å². The molecule has 42 valence electrons. The largest absolute Gasteiger partial charge is 1.00 e. The fraction of sp³-hybridized carbons (Fsp3) is 1.00. The zero-order chi connectivity index (χ0) is 5.11. The summed E-state index contributed by atoms with van der Waals surface area (Å²) in [5, 5.41) is 0. The van der Waals surface area contributed by atoms with E-state index in [-0.39, 0.29) is 7.65 Å². The normalized spacial score (nSPS) is 33.0. The second-order valence-corrected chi connectivity index (χ2v) is 1.91. The van der Waals surface area contributed by atoms with Crippen LogP contribution in [0.3, 0.4) is 0 Å². The molecule has 0 aromatic carbocycles. The summed E-state index contributed by atoms with van der Waals surface area (Å²) in [5.74, 6) is 0. The molecule has 0 radical (unpaired) electrons. The minimum Gasteiger partial charge on any atom is -0.364 e. The van der Waals surface area contributed by atoms with Crippen molar-refractivity contribution in [1.82, 2.24) is 0 Å². The number of ether oxygens (including phenoxy) is 1. The average Bonchev–Trinajstić information content (AvgIpc) is 1.69. The number of rotatable bonds is 0. The highest BCUT2D eigenvalue weighted by atomic mass is 16.5. The monoisotopic (exact) mass is 102 g/mol. The van der Waals surface area contributed by atoms with E-state index in [9.17, 15) is 0 Å². The van der Waals surface area contributed by atoms with Gasteiger partial charge in [-0.2, -0.15) is 0 Å². The predicted octanol–water partition coefficient (Wildman–Crippen LogP) is 0.584. The van der Waals surface area contributed by atoms with Crippen LogP contribution in [0.25, 0.3) is 0 Å². The van der Waals surface area contributed by atoms with Gasteiger partial charge in [0.25, 0.3) is 0 Å². The molecule has 1 fully saturated rings. The Balaban J connectivity index is 0.000000490. The van der Waals surface area contributed by atoms with E-state index in [0.717, 1.165) is 13.0 Å². The molecule has 0 spiro atoms. The van der Waals surface area contributed by atoms with E-state index in [1.165, 1.54) is 12.8 Å².